The lowest BCUT2D eigenvalue weighted by Crippen LogP contribution is -2.37. The van der Waals surface area contributed by atoms with Gasteiger partial charge in [-0.3, -0.25) is 4.90 Å². The van der Waals surface area contributed by atoms with Crippen molar-refractivity contribution in [2.45, 2.75) is 26.9 Å². The summed E-state index contributed by atoms with van der Waals surface area (Å²) in [5.41, 5.74) is 2.55. The van der Waals surface area contributed by atoms with E-state index in [1.165, 1.54) is 10.5 Å². The first-order chi connectivity index (χ1) is 12.1. The molecule has 0 radical (unpaired) electrons. The Labute approximate surface area is 146 Å². The average molecular weight is 339 g/mol. The second-order valence-corrected chi connectivity index (χ2v) is 5.85. The number of anilines is 1. The zero-order valence-electron chi connectivity index (χ0n) is 14.6. The van der Waals surface area contributed by atoms with Crippen LogP contribution in [0.2, 0.25) is 0 Å². The highest BCUT2D eigenvalue weighted by Gasteiger charge is 2.19. The Morgan fingerprint density at radius 1 is 1.28 bits per heavy atom. The number of benzene rings is 1. The van der Waals surface area contributed by atoms with Crippen LogP contribution in [0.25, 0.3) is 0 Å². The summed E-state index contributed by atoms with van der Waals surface area (Å²) in [7, 11) is 1.69. The first-order valence-electron chi connectivity index (χ1n) is 8.04. The number of hydrogen-bond donors (Lipinski definition) is 1. The van der Waals surface area contributed by atoms with Gasteiger partial charge in [0, 0.05) is 26.0 Å². The minimum atomic E-state index is -0.233. The minimum Gasteiger partial charge on any atom is -0.359 e. The van der Waals surface area contributed by atoms with Crippen LogP contribution in [-0.4, -0.2) is 27.8 Å². The van der Waals surface area contributed by atoms with E-state index in [1.54, 1.807) is 20.2 Å². The van der Waals surface area contributed by atoms with E-state index < -0.39 is 0 Å². The third-order valence-electron chi connectivity index (χ3n) is 4.03. The molecule has 130 valence electrons. The summed E-state index contributed by atoms with van der Waals surface area (Å²) < 4.78 is 7.13. The van der Waals surface area contributed by atoms with Crippen LogP contribution >= 0.6 is 0 Å². The van der Waals surface area contributed by atoms with Gasteiger partial charge in [-0.1, -0.05) is 35.5 Å². The molecule has 2 amide bonds. The molecule has 0 saturated carbocycles. The maximum Gasteiger partial charge on any atom is 0.322 e. The fourth-order valence-electron chi connectivity index (χ4n) is 2.76. The highest BCUT2D eigenvalue weighted by atomic mass is 16.5. The Morgan fingerprint density at radius 3 is 2.72 bits per heavy atom. The van der Waals surface area contributed by atoms with Crippen molar-refractivity contribution in [2.24, 2.45) is 0 Å². The maximum atomic E-state index is 12.4. The van der Waals surface area contributed by atoms with Gasteiger partial charge in [0.25, 0.3) is 0 Å². The number of aromatic nitrogens is 3. The molecule has 2 aromatic heterocycles. The van der Waals surface area contributed by atoms with Crippen LogP contribution in [0.5, 0.6) is 0 Å². The fraction of sp³-hybridized carbons (Fsp3) is 0.278. The predicted octanol–water partition coefficient (Wildman–Crippen LogP) is 2.88. The van der Waals surface area contributed by atoms with Crippen molar-refractivity contribution in [1.29, 1.82) is 0 Å². The molecule has 0 aliphatic rings. The van der Waals surface area contributed by atoms with Gasteiger partial charge in [0.1, 0.15) is 17.2 Å². The second kappa shape index (κ2) is 7.21. The summed E-state index contributed by atoms with van der Waals surface area (Å²) in [5.74, 6) is 1.41. The standard InChI is InChI=1S/C18H21N5O2/c1-13-17(14(2)25-21-13)22(3)18(24)20-11-16-19-9-10-23(16)12-15-7-5-4-6-8-15/h4-10H,11-12H2,1-3H3,(H,20,24). The van der Waals surface area contributed by atoms with E-state index in [0.29, 0.717) is 30.2 Å². The van der Waals surface area contributed by atoms with Gasteiger partial charge in [-0.2, -0.15) is 0 Å². The van der Waals surface area contributed by atoms with Crippen LogP contribution in [0.15, 0.2) is 47.2 Å². The molecule has 3 rings (SSSR count). The van der Waals surface area contributed by atoms with E-state index in [-0.39, 0.29) is 6.03 Å². The lowest BCUT2D eigenvalue weighted by molar-refractivity contribution is 0.246. The van der Waals surface area contributed by atoms with Crippen LogP contribution in [0, 0.1) is 13.8 Å². The van der Waals surface area contributed by atoms with Gasteiger partial charge in [-0.05, 0) is 19.4 Å². The third-order valence-corrected chi connectivity index (χ3v) is 4.03. The molecule has 1 aromatic carbocycles. The molecule has 0 saturated heterocycles. The summed E-state index contributed by atoms with van der Waals surface area (Å²) in [6.45, 7) is 4.64. The van der Waals surface area contributed by atoms with E-state index >= 15 is 0 Å². The number of carbonyl (C=O) groups excluding carboxylic acids is 1. The molecule has 0 bridgehead atoms. The maximum absolute atomic E-state index is 12.4. The van der Waals surface area contributed by atoms with Crippen molar-refractivity contribution >= 4 is 11.7 Å². The van der Waals surface area contributed by atoms with Crippen molar-refractivity contribution in [2.75, 3.05) is 11.9 Å². The number of amides is 2. The number of aryl methyl sites for hydroxylation is 2. The first kappa shape index (κ1) is 16.8. The van der Waals surface area contributed by atoms with Crippen LogP contribution in [-0.2, 0) is 13.1 Å². The number of hydrogen-bond acceptors (Lipinski definition) is 4. The number of carbonyl (C=O) groups is 1. The highest BCUT2D eigenvalue weighted by Crippen LogP contribution is 2.22. The highest BCUT2D eigenvalue weighted by molar-refractivity contribution is 5.92. The Balaban J connectivity index is 1.64. The van der Waals surface area contributed by atoms with Gasteiger partial charge in [-0.15, -0.1) is 0 Å². The van der Waals surface area contributed by atoms with E-state index in [0.717, 1.165) is 5.82 Å². The smallest absolute Gasteiger partial charge is 0.322 e. The summed E-state index contributed by atoms with van der Waals surface area (Å²) in [4.78, 5) is 18.3. The lowest BCUT2D eigenvalue weighted by Gasteiger charge is -2.17. The van der Waals surface area contributed by atoms with Crippen LogP contribution < -0.4 is 10.2 Å². The lowest BCUT2D eigenvalue weighted by atomic mass is 10.2. The average Bonchev–Trinajstić information content (AvgIpc) is 3.19. The topological polar surface area (TPSA) is 76.2 Å². The number of nitrogens with one attached hydrogen (secondary N) is 1. The normalized spacial score (nSPS) is 10.7. The molecule has 2 heterocycles. The van der Waals surface area contributed by atoms with E-state index in [1.807, 2.05) is 35.9 Å². The molecular weight excluding hydrogens is 318 g/mol. The molecule has 25 heavy (non-hydrogen) atoms. The van der Waals surface area contributed by atoms with Gasteiger partial charge >= 0.3 is 6.03 Å². The van der Waals surface area contributed by atoms with Crippen molar-refractivity contribution in [3.63, 3.8) is 0 Å². The molecule has 0 unspecified atom stereocenters. The van der Waals surface area contributed by atoms with Crippen LogP contribution in [0.4, 0.5) is 10.5 Å². The third kappa shape index (κ3) is 3.71. The molecule has 7 nitrogen and oxygen atoms in total. The van der Waals surface area contributed by atoms with Gasteiger partial charge in [0.2, 0.25) is 0 Å². The van der Waals surface area contributed by atoms with Gasteiger partial charge in [0.15, 0.2) is 5.76 Å². The Bertz CT molecular complexity index is 834. The van der Waals surface area contributed by atoms with E-state index in [2.05, 4.69) is 27.6 Å². The molecule has 0 aliphatic heterocycles. The van der Waals surface area contributed by atoms with Crippen LogP contribution in [0.1, 0.15) is 22.8 Å². The summed E-state index contributed by atoms with van der Waals surface area (Å²) >= 11 is 0. The van der Waals surface area contributed by atoms with Crippen molar-refractivity contribution in [1.82, 2.24) is 20.0 Å². The monoisotopic (exact) mass is 339 g/mol. The predicted molar refractivity (Wildman–Crippen MR) is 94.4 cm³/mol. The summed E-state index contributed by atoms with van der Waals surface area (Å²) in [5, 5.41) is 6.77. The number of nitrogens with zero attached hydrogens (tertiary/aromatic N) is 4. The number of urea groups is 1. The molecule has 0 atom stereocenters. The molecule has 1 N–H and O–H groups in total. The van der Waals surface area contributed by atoms with E-state index in [4.69, 9.17) is 4.52 Å². The molecular formula is C18H21N5O2. The Hall–Kier alpha value is -3.09. The first-order valence-corrected chi connectivity index (χ1v) is 8.04. The van der Waals surface area contributed by atoms with Crippen molar-refractivity contribution in [3.8, 4) is 0 Å². The zero-order chi connectivity index (χ0) is 17.8. The quantitative estimate of drug-likeness (QED) is 0.775. The van der Waals surface area contributed by atoms with Crippen LogP contribution in [0.3, 0.4) is 0 Å². The molecule has 7 heteroatoms. The van der Waals surface area contributed by atoms with Crippen molar-refractivity contribution < 1.29 is 9.32 Å². The molecule has 0 spiro atoms. The largest absolute Gasteiger partial charge is 0.359 e. The number of imidazole rings is 1. The van der Waals surface area contributed by atoms with Crippen molar-refractivity contribution in [3.05, 3.63) is 65.6 Å². The Morgan fingerprint density at radius 2 is 2.04 bits per heavy atom. The minimum absolute atomic E-state index is 0.233. The summed E-state index contributed by atoms with van der Waals surface area (Å²) in [6.07, 6.45) is 3.65. The SMILES string of the molecule is Cc1noc(C)c1N(C)C(=O)NCc1nccn1Cc1ccccc1. The number of rotatable bonds is 5. The Kier molecular flexibility index (Phi) is 4.83. The zero-order valence-corrected chi connectivity index (χ0v) is 14.6. The van der Waals surface area contributed by atoms with Gasteiger partial charge in [0.05, 0.1) is 6.54 Å². The van der Waals surface area contributed by atoms with Gasteiger partial charge in [-0.25, -0.2) is 9.78 Å². The van der Waals surface area contributed by atoms with Gasteiger partial charge < -0.3 is 14.4 Å². The molecule has 0 aliphatic carbocycles. The van der Waals surface area contributed by atoms with E-state index in [9.17, 15) is 4.79 Å². The molecule has 0 fully saturated rings. The second-order valence-electron chi connectivity index (χ2n) is 5.85. The fourth-order valence-corrected chi connectivity index (χ4v) is 2.76. The summed E-state index contributed by atoms with van der Waals surface area (Å²) in [6, 6.07) is 9.90. The molecule has 3 aromatic rings.